The highest BCUT2D eigenvalue weighted by molar-refractivity contribution is 5.98. The van der Waals surface area contributed by atoms with E-state index in [1.54, 1.807) is 12.1 Å². The van der Waals surface area contributed by atoms with Gasteiger partial charge in [0.1, 0.15) is 5.75 Å². The highest BCUT2D eigenvalue weighted by Crippen LogP contribution is 2.13. The van der Waals surface area contributed by atoms with E-state index in [1.165, 1.54) is 11.1 Å². The number of aromatic hydroxyl groups is 1. The van der Waals surface area contributed by atoms with Crippen LogP contribution in [0.4, 0.5) is 0 Å². The first-order valence-electron chi connectivity index (χ1n) is 8.47. The van der Waals surface area contributed by atoms with Gasteiger partial charge in [0.15, 0.2) is 0 Å². The molecule has 1 heterocycles. The van der Waals surface area contributed by atoms with Crippen LogP contribution < -0.4 is 0 Å². The molecule has 1 N–H and O–H groups in total. The normalized spacial score (nSPS) is 16.4. The second kappa shape index (κ2) is 7.49. The molecule has 0 radical (unpaired) electrons. The molecule has 0 unspecified atom stereocenters. The van der Waals surface area contributed by atoms with Gasteiger partial charge in [-0.1, -0.05) is 29.8 Å². The molecule has 0 atom stereocenters. The quantitative estimate of drug-likeness (QED) is 0.878. The summed E-state index contributed by atoms with van der Waals surface area (Å²) >= 11 is 0. The van der Waals surface area contributed by atoms with Gasteiger partial charge < -0.3 is 5.11 Å². The van der Waals surface area contributed by atoms with Gasteiger partial charge in [-0.2, -0.15) is 5.10 Å². The van der Waals surface area contributed by atoms with Crippen LogP contribution in [0.25, 0.3) is 0 Å². The van der Waals surface area contributed by atoms with E-state index in [0.717, 1.165) is 44.0 Å². The lowest BCUT2D eigenvalue weighted by Crippen LogP contribution is -2.43. The Bertz CT molecular complexity index is 684. The molecule has 0 saturated carbocycles. The van der Waals surface area contributed by atoms with Crippen molar-refractivity contribution in [2.24, 2.45) is 5.10 Å². The van der Waals surface area contributed by atoms with Crippen LogP contribution in [-0.4, -0.2) is 46.9 Å². The highest BCUT2D eigenvalue weighted by Gasteiger charge is 2.16. The Morgan fingerprint density at radius 1 is 0.958 bits per heavy atom. The second-order valence-electron chi connectivity index (χ2n) is 6.45. The fourth-order valence-electron chi connectivity index (χ4n) is 2.92. The van der Waals surface area contributed by atoms with Crippen LogP contribution in [0.5, 0.6) is 5.75 Å². The van der Waals surface area contributed by atoms with Crippen molar-refractivity contribution in [1.82, 2.24) is 9.91 Å². The molecule has 0 spiro atoms. The lowest BCUT2D eigenvalue weighted by atomic mass is 10.1. The zero-order chi connectivity index (χ0) is 16.9. The van der Waals surface area contributed by atoms with E-state index in [0.29, 0.717) is 0 Å². The number of hydrogen-bond donors (Lipinski definition) is 1. The Kier molecular flexibility index (Phi) is 5.16. The predicted molar refractivity (Wildman–Crippen MR) is 98.3 cm³/mol. The van der Waals surface area contributed by atoms with Crippen molar-refractivity contribution in [3.63, 3.8) is 0 Å². The van der Waals surface area contributed by atoms with E-state index < -0.39 is 0 Å². The number of nitrogens with zero attached hydrogens (tertiary/aromatic N) is 3. The molecule has 126 valence electrons. The number of aryl methyl sites for hydroxylation is 1. The zero-order valence-corrected chi connectivity index (χ0v) is 14.4. The molecule has 4 nitrogen and oxygen atoms in total. The first-order valence-corrected chi connectivity index (χ1v) is 8.47. The summed E-state index contributed by atoms with van der Waals surface area (Å²) < 4.78 is 0. The molecule has 1 aliphatic rings. The summed E-state index contributed by atoms with van der Waals surface area (Å²) in [6.45, 7) is 9.10. The fraction of sp³-hybridized carbons (Fsp3) is 0.350. The van der Waals surface area contributed by atoms with E-state index in [-0.39, 0.29) is 5.75 Å². The molecule has 1 fully saturated rings. The van der Waals surface area contributed by atoms with Crippen molar-refractivity contribution in [3.05, 3.63) is 65.2 Å². The van der Waals surface area contributed by atoms with Gasteiger partial charge in [0.2, 0.25) is 0 Å². The van der Waals surface area contributed by atoms with Gasteiger partial charge in [-0.15, -0.1) is 0 Å². The molecular weight excluding hydrogens is 298 g/mol. The van der Waals surface area contributed by atoms with E-state index in [9.17, 15) is 5.11 Å². The third kappa shape index (κ3) is 4.36. The Hall–Kier alpha value is -2.33. The molecule has 2 aromatic carbocycles. The number of phenolic OH excluding ortho intramolecular Hbond substituents is 1. The predicted octanol–water partition coefficient (Wildman–Crippen LogP) is 3.24. The summed E-state index contributed by atoms with van der Waals surface area (Å²) in [7, 11) is 0. The van der Waals surface area contributed by atoms with Crippen molar-refractivity contribution < 1.29 is 5.11 Å². The molecule has 0 bridgehead atoms. The van der Waals surface area contributed by atoms with Gasteiger partial charge in [0, 0.05) is 32.7 Å². The molecule has 0 aliphatic carbocycles. The maximum atomic E-state index is 9.37. The van der Waals surface area contributed by atoms with E-state index in [4.69, 9.17) is 5.10 Å². The standard InChI is InChI=1S/C20H25N3O/c1-16-3-5-18(6-4-16)15-22-11-13-23(14-12-22)21-17(2)19-7-9-20(24)10-8-19/h3-10,24H,11-15H2,1-2H3/b21-17-. The van der Waals surface area contributed by atoms with Crippen molar-refractivity contribution >= 4 is 5.71 Å². The maximum Gasteiger partial charge on any atom is 0.115 e. The molecular formula is C20H25N3O. The van der Waals surface area contributed by atoms with Gasteiger partial charge in [0.05, 0.1) is 5.71 Å². The number of hydrazone groups is 1. The number of phenols is 1. The second-order valence-corrected chi connectivity index (χ2v) is 6.45. The van der Waals surface area contributed by atoms with Crippen LogP contribution in [0, 0.1) is 6.92 Å². The Balaban J connectivity index is 1.53. The minimum atomic E-state index is 0.288. The number of hydrogen-bond acceptors (Lipinski definition) is 4. The van der Waals surface area contributed by atoms with Crippen molar-refractivity contribution in [2.45, 2.75) is 20.4 Å². The fourth-order valence-corrected chi connectivity index (χ4v) is 2.92. The van der Waals surface area contributed by atoms with Crippen LogP contribution in [-0.2, 0) is 6.54 Å². The summed E-state index contributed by atoms with van der Waals surface area (Å²) in [5, 5.41) is 16.2. The zero-order valence-electron chi connectivity index (χ0n) is 14.4. The van der Waals surface area contributed by atoms with Gasteiger partial charge in [-0.3, -0.25) is 9.91 Å². The molecule has 0 aromatic heterocycles. The lowest BCUT2D eigenvalue weighted by Gasteiger charge is -2.33. The third-order valence-corrected chi connectivity index (χ3v) is 4.45. The van der Waals surface area contributed by atoms with E-state index in [1.807, 2.05) is 19.1 Å². The maximum absolute atomic E-state index is 9.37. The molecule has 1 saturated heterocycles. The minimum absolute atomic E-state index is 0.288. The van der Waals surface area contributed by atoms with Crippen molar-refractivity contribution in [3.8, 4) is 5.75 Å². The topological polar surface area (TPSA) is 39.1 Å². The number of piperazine rings is 1. The van der Waals surface area contributed by atoms with Crippen molar-refractivity contribution in [2.75, 3.05) is 26.2 Å². The van der Waals surface area contributed by atoms with Crippen LogP contribution in [0.15, 0.2) is 53.6 Å². The average molecular weight is 323 g/mol. The first kappa shape index (κ1) is 16.5. The molecule has 1 aliphatic heterocycles. The van der Waals surface area contributed by atoms with E-state index in [2.05, 4.69) is 41.1 Å². The Morgan fingerprint density at radius 3 is 2.21 bits per heavy atom. The summed E-state index contributed by atoms with van der Waals surface area (Å²) in [5.41, 5.74) is 4.72. The van der Waals surface area contributed by atoms with Gasteiger partial charge >= 0.3 is 0 Å². The van der Waals surface area contributed by atoms with Crippen LogP contribution in [0.3, 0.4) is 0 Å². The Morgan fingerprint density at radius 2 is 1.58 bits per heavy atom. The summed E-state index contributed by atoms with van der Waals surface area (Å²) in [6.07, 6.45) is 0. The van der Waals surface area contributed by atoms with Gasteiger partial charge in [-0.05, 0) is 49.2 Å². The summed E-state index contributed by atoms with van der Waals surface area (Å²) in [4.78, 5) is 2.48. The molecule has 0 amide bonds. The molecule has 2 aromatic rings. The molecule has 3 rings (SSSR count). The van der Waals surface area contributed by atoms with Crippen LogP contribution in [0.1, 0.15) is 23.6 Å². The van der Waals surface area contributed by atoms with E-state index >= 15 is 0 Å². The summed E-state index contributed by atoms with van der Waals surface area (Å²) in [5.74, 6) is 0.288. The number of rotatable bonds is 4. The SMILES string of the molecule is C/C(=N/N1CCN(Cc2ccc(C)cc2)CC1)c1ccc(O)cc1. The largest absolute Gasteiger partial charge is 0.508 e. The minimum Gasteiger partial charge on any atom is -0.508 e. The average Bonchev–Trinajstić information content (AvgIpc) is 2.59. The Labute approximate surface area is 144 Å². The van der Waals surface area contributed by atoms with Gasteiger partial charge in [-0.25, -0.2) is 0 Å². The first-order chi connectivity index (χ1) is 11.6. The smallest absolute Gasteiger partial charge is 0.115 e. The van der Waals surface area contributed by atoms with Crippen LogP contribution >= 0.6 is 0 Å². The third-order valence-electron chi connectivity index (χ3n) is 4.45. The van der Waals surface area contributed by atoms with Gasteiger partial charge in [0.25, 0.3) is 0 Å². The lowest BCUT2D eigenvalue weighted by molar-refractivity contribution is 0.130. The highest BCUT2D eigenvalue weighted by atomic mass is 16.3. The molecule has 4 heteroatoms. The summed E-state index contributed by atoms with van der Waals surface area (Å²) in [6, 6.07) is 16.0. The number of benzene rings is 2. The molecule has 24 heavy (non-hydrogen) atoms. The van der Waals surface area contributed by atoms with Crippen LogP contribution in [0.2, 0.25) is 0 Å². The monoisotopic (exact) mass is 323 g/mol. The van der Waals surface area contributed by atoms with Crippen molar-refractivity contribution in [1.29, 1.82) is 0 Å².